The topological polar surface area (TPSA) is 57.8 Å². The number of fused-ring (bicyclic) bond motifs is 1. The lowest BCUT2D eigenvalue weighted by Crippen LogP contribution is -2.31. The fraction of sp³-hybridized carbons (Fsp3) is 0.714. The van der Waals surface area contributed by atoms with Crippen molar-refractivity contribution in [1.82, 2.24) is 15.3 Å². The Bertz CT molecular complexity index is 469. The van der Waals surface area contributed by atoms with E-state index in [2.05, 4.69) is 15.3 Å². The van der Waals surface area contributed by atoms with Crippen LogP contribution in [0.1, 0.15) is 43.7 Å². The van der Waals surface area contributed by atoms with E-state index >= 15 is 0 Å². The van der Waals surface area contributed by atoms with Crippen LogP contribution in [0.2, 0.25) is 0 Å². The molecule has 4 atom stereocenters. The average molecular weight is 245 g/mol. The maximum atomic E-state index is 12.1. The van der Waals surface area contributed by atoms with E-state index in [0.717, 1.165) is 24.6 Å². The highest BCUT2D eigenvalue weighted by Gasteiger charge is 2.57. The Morgan fingerprint density at radius 1 is 1.61 bits per heavy atom. The lowest BCUT2D eigenvalue weighted by Gasteiger charge is -2.12. The lowest BCUT2D eigenvalue weighted by atomic mass is 10.0. The third kappa shape index (κ3) is 1.58. The zero-order valence-corrected chi connectivity index (χ0v) is 10.5. The van der Waals surface area contributed by atoms with E-state index in [1.54, 1.807) is 6.33 Å². The van der Waals surface area contributed by atoms with Crippen molar-refractivity contribution in [3.05, 3.63) is 18.2 Å². The molecule has 0 saturated heterocycles. The molecule has 0 aliphatic heterocycles. The minimum atomic E-state index is 0.181. The van der Waals surface area contributed by atoms with Crippen molar-refractivity contribution in [2.75, 3.05) is 6.54 Å². The smallest absolute Gasteiger partial charge is 0.223 e. The van der Waals surface area contributed by atoms with Gasteiger partial charge in [0, 0.05) is 30.3 Å². The number of aromatic nitrogens is 2. The summed E-state index contributed by atoms with van der Waals surface area (Å²) in [6.45, 7) is 0.919. The molecule has 0 unspecified atom stereocenters. The van der Waals surface area contributed by atoms with Gasteiger partial charge in [0.25, 0.3) is 0 Å². The number of rotatable bonds is 4. The first kappa shape index (κ1) is 10.6. The van der Waals surface area contributed by atoms with Gasteiger partial charge in [0.2, 0.25) is 5.91 Å². The van der Waals surface area contributed by atoms with Crippen LogP contribution in [0, 0.1) is 17.3 Å². The summed E-state index contributed by atoms with van der Waals surface area (Å²) in [7, 11) is 0. The van der Waals surface area contributed by atoms with Gasteiger partial charge in [-0.25, -0.2) is 4.98 Å². The van der Waals surface area contributed by atoms with Crippen molar-refractivity contribution < 1.29 is 4.79 Å². The molecule has 3 fully saturated rings. The molecule has 3 aliphatic carbocycles. The monoisotopic (exact) mass is 245 g/mol. The largest absolute Gasteiger partial charge is 0.355 e. The summed E-state index contributed by atoms with van der Waals surface area (Å²) in [5, 5.41) is 3.19. The van der Waals surface area contributed by atoms with E-state index in [4.69, 9.17) is 0 Å². The number of hydrogen-bond donors (Lipinski definition) is 2. The van der Waals surface area contributed by atoms with Crippen LogP contribution in [0.25, 0.3) is 0 Å². The first-order valence-corrected chi connectivity index (χ1v) is 7.04. The first-order chi connectivity index (χ1) is 8.78. The second kappa shape index (κ2) is 3.59. The maximum Gasteiger partial charge on any atom is 0.223 e. The van der Waals surface area contributed by atoms with Crippen LogP contribution >= 0.6 is 0 Å². The molecule has 1 aromatic heterocycles. The third-order valence-electron chi connectivity index (χ3n) is 5.25. The van der Waals surface area contributed by atoms with Crippen molar-refractivity contribution in [2.45, 2.75) is 38.0 Å². The van der Waals surface area contributed by atoms with E-state index in [-0.39, 0.29) is 11.8 Å². The Labute approximate surface area is 107 Å². The summed E-state index contributed by atoms with van der Waals surface area (Å²) in [6.07, 6.45) is 9.93. The zero-order chi connectivity index (χ0) is 12.2. The van der Waals surface area contributed by atoms with Gasteiger partial charge >= 0.3 is 0 Å². The summed E-state index contributed by atoms with van der Waals surface area (Å²) >= 11 is 0. The van der Waals surface area contributed by atoms with E-state index in [1.165, 1.54) is 25.7 Å². The molecule has 2 N–H and O–H groups in total. The lowest BCUT2D eigenvalue weighted by molar-refractivity contribution is -0.122. The van der Waals surface area contributed by atoms with Gasteiger partial charge in [0.05, 0.1) is 6.33 Å². The van der Waals surface area contributed by atoms with Gasteiger partial charge in [-0.1, -0.05) is 6.42 Å². The van der Waals surface area contributed by atoms with Crippen LogP contribution in [0.4, 0.5) is 0 Å². The van der Waals surface area contributed by atoms with Crippen LogP contribution in [0.3, 0.4) is 0 Å². The van der Waals surface area contributed by atoms with Crippen molar-refractivity contribution in [1.29, 1.82) is 0 Å². The molecular weight excluding hydrogens is 226 g/mol. The molecule has 1 aromatic rings. The van der Waals surface area contributed by atoms with Crippen molar-refractivity contribution >= 4 is 5.91 Å². The SMILES string of the molecule is O=C(NC[C@@]12CCC[C@@H]1C2)[C@@H]1C[C@H]1c1cnc[nH]1. The number of hydrogen-bond acceptors (Lipinski definition) is 2. The average Bonchev–Trinajstić information content (AvgIpc) is 3.20. The summed E-state index contributed by atoms with van der Waals surface area (Å²) in [5.41, 5.74) is 1.62. The van der Waals surface area contributed by atoms with Gasteiger partial charge in [-0.05, 0) is 37.0 Å². The molecule has 1 heterocycles. The number of H-pyrrole nitrogens is 1. The quantitative estimate of drug-likeness (QED) is 0.850. The Morgan fingerprint density at radius 2 is 2.56 bits per heavy atom. The molecular formula is C14H19N3O. The number of aromatic amines is 1. The minimum absolute atomic E-state index is 0.181. The molecule has 3 aliphatic rings. The van der Waals surface area contributed by atoms with Crippen molar-refractivity contribution in [3.63, 3.8) is 0 Å². The van der Waals surface area contributed by atoms with Crippen LogP contribution < -0.4 is 5.32 Å². The zero-order valence-electron chi connectivity index (χ0n) is 10.5. The number of nitrogens with zero attached hydrogens (tertiary/aromatic N) is 1. The predicted molar refractivity (Wildman–Crippen MR) is 66.8 cm³/mol. The van der Waals surface area contributed by atoms with Crippen molar-refractivity contribution in [3.8, 4) is 0 Å². The fourth-order valence-electron chi connectivity index (χ4n) is 3.84. The first-order valence-electron chi connectivity index (χ1n) is 7.04. The Balaban J connectivity index is 1.30. The Kier molecular flexibility index (Phi) is 2.11. The number of nitrogens with one attached hydrogen (secondary N) is 2. The highest BCUT2D eigenvalue weighted by Crippen LogP contribution is 2.63. The van der Waals surface area contributed by atoms with Crippen LogP contribution in [0.15, 0.2) is 12.5 Å². The van der Waals surface area contributed by atoms with Crippen LogP contribution in [-0.4, -0.2) is 22.4 Å². The number of carbonyl (C=O) groups is 1. The van der Waals surface area contributed by atoms with Gasteiger partial charge in [-0.2, -0.15) is 0 Å². The molecule has 1 amide bonds. The molecule has 4 rings (SSSR count). The van der Waals surface area contributed by atoms with E-state index < -0.39 is 0 Å². The number of amides is 1. The summed E-state index contributed by atoms with van der Waals surface area (Å²) in [6, 6.07) is 0. The van der Waals surface area contributed by atoms with Gasteiger partial charge < -0.3 is 10.3 Å². The molecule has 3 saturated carbocycles. The standard InChI is InChI=1S/C14H19N3O/c18-13(11-4-10(11)12-6-15-8-17-12)16-7-14-3-1-2-9(14)5-14/h6,8-11H,1-5,7H2,(H,15,17)(H,16,18)/t9-,10-,11-,14+/m1/s1. The highest BCUT2D eigenvalue weighted by molar-refractivity contribution is 5.82. The molecule has 96 valence electrons. The van der Waals surface area contributed by atoms with Gasteiger partial charge in [0.15, 0.2) is 0 Å². The fourth-order valence-corrected chi connectivity index (χ4v) is 3.84. The van der Waals surface area contributed by atoms with Crippen molar-refractivity contribution in [2.24, 2.45) is 17.3 Å². The molecule has 18 heavy (non-hydrogen) atoms. The van der Waals surface area contributed by atoms with Crippen LogP contribution in [-0.2, 0) is 4.79 Å². The number of imidazole rings is 1. The normalized spacial score (nSPS) is 40.3. The molecule has 0 radical (unpaired) electrons. The van der Waals surface area contributed by atoms with E-state index in [0.29, 0.717) is 11.3 Å². The maximum absolute atomic E-state index is 12.1. The van der Waals surface area contributed by atoms with E-state index in [9.17, 15) is 4.79 Å². The number of carbonyl (C=O) groups excluding carboxylic acids is 1. The van der Waals surface area contributed by atoms with Gasteiger partial charge in [-0.15, -0.1) is 0 Å². The predicted octanol–water partition coefficient (Wildman–Crippen LogP) is 1.82. The molecule has 0 spiro atoms. The summed E-state index contributed by atoms with van der Waals surface area (Å²) in [4.78, 5) is 19.2. The second-order valence-corrected chi connectivity index (χ2v) is 6.33. The molecule has 4 nitrogen and oxygen atoms in total. The molecule has 0 bridgehead atoms. The Hall–Kier alpha value is -1.32. The highest BCUT2D eigenvalue weighted by atomic mass is 16.2. The summed E-state index contributed by atoms with van der Waals surface area (Å²) in [5.74, 6) is 1.73. The van der Waals surface area contributed by atoms with E-state index in [1.807, 2.05) is 6.20 Å². The van der Waals surface area contributed by atoms with Gasteiger partial charge in [0.1, 0.15) is 0 Å². The summed E-state index contributed by atoms with van der Waals surface area (Å²) < 4.78 is 0. The van der Waals surface area contributed by atoms with Crippen LogP contribution in [0.5, 0.6) is 0 Å². The minimum Gasteiger partial charge on any atom is -0.355 e. The molecule has 0 aromatic carbocycles. The third-order valence-corrected chi connectivity index (χ3v) is 5.25. The van der Waals surface area contributed by atoms with Gasteiger partial charge in [-0.3, -0.25) is 4.79 Å². The Morgan fingerprint density at radius 3 is 3.22 bits per heavy atom. The second-order valence-electron chi connectivity index (χ2n) is 6.33. The molecule has 4 heteroatoms.